The highest BCUT2D eigenvalue weighted by molar-refractivity contribution is 5.87. The first-order chi connectivity index (χ1) is 7.22. The van der Waals surface area contributed by atoms with E-state index in [1.54, 1.807) is 0 Å². The number of carboxylic acid groups (broad SMARTS) is 1. The first-order valence-electron chi connectivity index (χ1n) is 4.41. The Hall–Kier alpha value is -1.91. The molecule has 0 atom stereocenters. The second-order valence-corrected chi connectivity index (χ2v) is 2.99. The van der Waals surface area contributed by atoms with E-state index in [0.717, 1.165) is 0 Å². The molecule has 5 heteroatoms. The normalized spacial score (nSPS) is 13.4. The van der Waals surface area contributed by atoms with Crippen LogP contribution < -0.4 is 19.3 Å². The standard InChI is InChI=1S/C10H10O5/c1-13-7-4-6(10(11)12)5-8-9(7)15-3-2-14-8/h4-5H,2-3H2,1H3,(H,11,12)/p-1. The van der Waals surface area contributed by atoms with Gasteiger partial charge in [0, 0.05) is 5.56 Å². The number of methoxy groups -OCH3 is 1. The first-order valence-corrected chi connectivity index (χ1v) is 4.41. The van der Waals surface area contributed by atoms with E-state index in [-0.39, 0.29) is 5.56 Å². The summed E-state index contributed by atoms with van der Waals surface area (Å²) in [5.74, 6) is -0.120. The van der Waals surface area contributed by atoms with Crippen molar-refractivity contribution < 1.29 is 24.1 Å². The van der Waals surface area contributed by atoms with Crippen LogP contribution in [0, 0.1) is 0 Å². The van der Waals surface area contributed by atoms with E-state index in [0.29, 0.717) is 30.5 Å². The van der Waals surface area contributed by atoms with Gasteiger partial charge in [-0.05, 0) is 12.1 Å². The van der Waals surface area contributed by atoms with E-state index in [4.69, 9.17) is 14.2 Å². The Balaban J connectivity index is 2.52. The second kappa shape index (κ2) is 3.68. The molecule has 1 aromatic rings. The fourth-order valence-corrected chi connectivity index (χ4v) is 1.39. The molecule has 0 unspecified atom stereocenters. The van der Waals surface area contributed by atoms with Crippen molar-refractivity contribution in [2.75, 3.05) is 20.3 Å². The molecule has 0 radical (unpaired) electrons. The van der Waals surface area contributed by atoms with Crippen LogP contribution >= 0.6 is 0 Å². The zero-order valence-electron chi connectivity index (χ0n) is 8.11. The van der Waals surface area contributed by atoms with Crippen LogP contribution in [0.1, 0.15) is 10.4 Å². The van der Waals surface area contributed by atoms with Crippen LogP contribution in [0.2, 0.25) is 0 Å². The fraction of sp³-hybridized carbons (Fsp3) is 0.300. The molecule has 1 aliphatic rings. The summed E-state index contributed by atoms with van der Waals surface area (Å²) in [5, 5.41) is 10.7. The molecule has 0 fully saturated rings. The monoisotopic (exact) mass is 209 g/mol. The summed E-state index contributed by atoms with van der Waals surface area (Å²) in [7, 11) is 1.44. The summed E-state index contributed by atoms with van der Waals surface area (Å²) in [6.45, 7) is 0.820. The van der Waals surface area contributed by atoms with E-state index in [9.17, 15) is 9.90 Å². The molecule has 0 saturated heterocycles. The third-order valence-electron chi connectivity index (χ3n) is 2.06. The molecule has 15 heavy (non-hydrogen) atoms. The van der Waals surface area contributed by atoms with E-state index in [2.05, 4.69) is 0 Å². The van der Waals surface area contributed by atoms with Crippen molar-refractivity contribution in [1.82, 2.24) is 0 Å². The second-order valence-electron chi connectivity index (χ2n) is 2.99. The third kappa shape index (κ3) is 1.68. The van der Waals surface area contributed by atoms with E-state index >= 15 is 0 Å². The number of carboxylic acids is 1. The number of rotatable bonds is 2. The highest BCUT2D eigenvalue weighted by Gasteiger charge is 2.18. The molecule has 0 aromatic heterocycles. The average molecular weight is 209 g/mol. The summed E-state index contributed by atoms with van der Waals surface area (Å²) in [6.07, 6.45) is 0. The Labute approximate surface area is 86.2 Å². The Morgan fingerprint density at radius 3 is 2.80 bits per heavy atom. The molecular weight excluding hydrogens is 200 g/mol. The van der Waals surface area contributed by atoms with Crippen molar-refractivity contribution >= 4 is 5.97 Å². The number of hydrogen-bond acceptors (Lipinski definition) is 5. The van der Waals surface area contributed by atoms with Gasteiger partial charge in [0.05, 0.1) is 13.1 Å². The van der Waals surface area contributed by atoms with Gasteiger partial charge in [-0.2, -0.15) is 0 Å². The van der Waals surface area contributed by atoms with Crippen LogP contribution in [-0.4, -0.2) is 26.3 Å². The van der Waals surface area contributed by atoms with Crippen LogP contribution in [0.5, 0.6) is 17.2 Å². The Kier molecular flexibility index (Phi) is 2.37. The molecule has 80 valence electrons. The topological polar surface area (TPSA) is 67.8 Å². The summed E-state index contributed by atoms with van der Waals surface area (Å²) in [4.78, 5) is 10.7. The SMILES string of the molecule is COc1cc(C(=O)[O-])cc2c1OCCO2. The third-order valence-corrected chi connectivity index (χ3v) is 2.06. The van der Waals surface area contributed by atoms with Crippen molar-refractivity contribution in [3.63, 3.8) is 0 Å². The Morgan fingerprint density at radius 2 is 2.13 bits per heavy atom. The summed E-state index contributed by atoms with van der Waals surface area (Å²) >= 11 is 0. The van der Waals surface area contributed by atoms with E-state index in [1.807, 2.05) is 0 Å². The minimum Gasteiger partial charge on any atom is -0.545 e. The lowest BCUT2D eigenvalue weighted by atomic mass is 10.2. The van der Waals surface area contributed by atoms with Crippen molar-refractivity contribution in [1.29, 1.82) is 0 Å². The molecule has 0 bridgehead atoms. The first kappa shape index (κ1) is 9.64. The predicted molar refractivity (Wildman–Crippen MR) is 48.3 cm³/mol. The maximum atomic E-state index is 10.7. The van der Waals surface area contributed by atoms with Crippen LogP contribution in [-0.2, 0) is 0 Å². The number of hydrogen-bond donors (Lipinski definition) is 0. The number of ether oxygens (including phenoxy) is 3. The fourth-order valence-electron chi connectivity index (χ4n) is 1.39. The predicted octanol–water partition coefficient (Wildman–Crippen LogP) is -0.170. The Morgan fingerprint density at radius 1 is 1.40 bits per heavy atom. The molecule has 0 amide bonds. The Bertz CT molecular complexity index is 382. The largest absolute Gasteiger partial charge is 0.545 e. The number of carbonyl (C=O) groups excluding carboxylic acids is 1. The quantitative estimate of drug-likeness (QED) is 0.676. The van der Waals surface area contributed by atoms with E-state index < -0.39 is 5.97 Å². The number of aromatic carboxylic acids is 1. The lowest BCUT2D eigenvalue weighted by Gasteiger charge is -2.21. The number of benzene rings is 1. The van der Waals surface area contributed by atoms with Crippen LogP contribution in [0.15, 0.2) is 12.1 Å². The molecule has 0 saturated carbocycles. The molecular formula is C10H9O5-. The van der Waals surface area contributed by atoms with Gasteiger partial charge in [-0.15, -0.1) is 0 Å². The number of carbonyl (C=O) groups is 1. The summed E-state index contributed by atoms with van der Waals surface area (Å²) < 4.78 is 15.6. The highest BCUT2D eigenvalue weighted by atomic mass is 16.6. The molecule has 0 spiro atoms. The smallest absolute Gasteiger partial charge is 0.203 e. The molecule has 2 rings (SSSR count). The van der Waals surface area contributed by atoms with Gasteiger partial charge in [0.15, 0.2) is 11.5 Å². The zero-order chi connectivity index (χ0) is 10.8. The molecule has 5 nitrogen and oxygen atoms in total. The number of fused-ring (bicyclic) bond motifs is 1. The molecule has 1 aliphatic heterocycles. The minimum absolute atomic E-state index is 0.0103. The van der Waals surface area contributed by atoms with E-state index in [1.165, 1.54) is 19.2 Å². The van der Waals surface area contributed by atoms with Gasteiger partial charge in [0.25, 0.3) is 0 Å². The maximum absolute atomic E-state index is 10.7. The van der Waals surface area contributed by atoms with Crippen molar-refractivity contribution in [2.24, 2.45) is 0 Å². The summed E-state index contributed by atoms with van der Waals surface area (Å²) in [6, 6.07) is 2.72. The van der Waals surface area contributed by atoms with Gasteiger partial charge in [-0.1, -0.05) is 0 Å². The van der Waals surface area contributed by atoms with Crippen molar-refractivity contribution in [3.8, 4) is 17.2 Å². The van der Waals surface area contributed by atoms with Gasteiger partial charge in [-0.3, -0.25) is 0 Å². The van der Waals surface area contributed by atoms with Gasteiger partial charge in [0.2, 0.25) is 5.75 Å². The zero-order valence-corrected chi connectivity index (χ0v) is 8.11. The molecule has 0 N–H and O–H groups in total. The van der Waals surface area contributed by atoms with Crippen LogP contribution in [0.3, 0.4) is 0 Å². The van der Waals surface area contributed by atoms with Gasteiger partial charge >= 0.3 is 0 Å². The maximum Gasteiger partial charge on any atom is 0.203 e. The van der Waals surface area contributed by atoms with Gasteiger partial charge in [0.1, 0.15) is 13.2 Å². The van der Waals surface area contributed by atoms with Crippen molar-refractivity contribution in [3.05, 3.63) is 17.7 Å². The highest BCUT2D eigenvalue weighted by Crippen LogP contribution is 2.40. The van der Waals surface area contributed by atoms with Gasteiger partial charge < -0.3 is 24.1 Å². The van der Waals surface area contributed by atoms with Crippen molar-refractivity contribution in [2.45, 2.75) is 0 Å². The summed E-state index contributed by atoms with van der Waals surface area (Å²) in [5.41, 5.74) is 0.0103. The molecule has 1 heterocycles. The van der Waals surface area contributed by atoms with Crippen LogP contribution in [0.25, 0.3) is 0 Å². The average Bonchev–Trinajstić information content (AvgIpc) is 2.27. The molecule has 1 aromatic carbocycles. The minimum atomic E-state index is -1.27. The van der Waals surface area contributed by atoms with Crippen LogP contribution in [0.4, 0.5) is 0 Å². The lowest BCUT2D eigenvalue weighted by molar-refractivity contribution is -0.255. The van der Waals surface area contributed by atoms with Gasteiger partial charge in [-0.25, -0.2) is 0 Å². The lowest BCUT2D eigenvalue weighted by Crippen LogP contribution is -2.23. The molecule has 0 aliphatic carbocycles.